The third-order valence-electron chi connectivity index (χ3n) is 6.80. The highest BCUT2D eigenvalue weighted by Crippen LogP contribution is 2.55. The lowest BCUT2D eigenvalue weighted by Crippen LogP contribution is -2.47. The quantitative estimate of drug-likeness (QED) is 0.316. The summed E-state index contributed by atoms with van der Waals surface area (Å²) in [4.78, 5) is 48.1. The predicted molar refractivity (Wildman–Crippen MR) is 125 cm³/mol. The summed E-state index contributed by atoms with van der Waals surface area (Å²) < 4.78 is 0. The fourth-order valence-electron chi connectivity index (χ4n) is 4.69. The van der Waals surface area contributed by atoms with Gasteiger partial charge in [-0.2, -0.15) is 0 Å². The van der Waals surface area contributed by atoms with E-state index in [1.807, 2.05) is 37.3 Å². The molecule has 2 N–H and O–H groups in total. The molecule has 4 rings (SSSR count). The van der Waals surface area contributed by atoms with Crippen molar-refractivity contribution in [2.45, 2.75) is 51.5 Å². The first kappa shape index (κ1) is 23.8. The largest absolute Gasteiger partial charge is 0.330 e. The van der Waals surface area contributed by atoms with Crippen LogP contribution in [0.1, 0.15) is 45.4 Å². The number of unbranched alkanes of at least 4 members (excludes halogenated alkanes) is 1. The van der Waals surface area contributed by atoms with Gasteiger partial charge in [-0.25, -0.2) is 15.0 Å². The molecule has 34 heavy (non-hydrogen) atoms. The number of rotatable bonds is 10. The van der Waals surface area contributed by atoms with E-state index < -0.39 is 12.0 Å². The molecule has 1 saturated carbocycles. The summed E-state index contributed by atoms with van der Waals surface area (Å²) >= 11 is 0. The zero-order valence-electron chi connectivity index (χ0n) is 19.4. The molecule has 0 bridgehead atoms. The number of nitrogens with one attached hydrogen (secondary N) is 1. The zero-order chi connectivity index (χ0) is 24.1. The lowest BCUT2D eigenvalue weighted by Gasteiger charge is -2.29. The number of hydrogen-bond acceptors (Lipinski definition) is 6. The maximum atomic E-state index is 13.5. The molecule has 1 aromatic heterocycles. The molecule has 9 heteroatoms. The molecule has 2 atom stereocenters. The van der Waals surface area contributed by atoms with E-state index in [1.165, 1.54) is 0 Å². The number of carbonyl (C=O) groups is 3. The van der Waals surface area contributed by atoms with E-state index >= 15 is 0 Å². The van der Waals surface area contributed by atoms with Gasteiger partial charge in [0.05, 0.1) is 18.2 Å². The van der Waals surface area contributed by atoms with Crippen molar-refractivity contribution in [1.82, 2.24) is 19.9 Å². The minimum atomic E-state index is -0.633. The van der Waals surface area contributed by atoms with Crippen LogP contribution in [0.25, 0.3) is 11.3 Å². The second-order valence-corrected chi connectivity index (χ2v) is 9.37. The maximum absolute atomic E-state index is 13.5. The molecule has 9 nitrogen and oxygen atoms in total. The normalized spacial score (nSPS) is 19.0. The number of hydroxylamine groups is 2. The number of nitrogens with zero attached hydrogens (tertiary/aromatic N) is 4. The zero-order valence-corrected chi connectivity index (χ0v) is 19.4. The van der Waals surface area contributed by atoms with Crippen molar-refractivity contribution >= 4 is 24.2 Å². The molecule has 1 spiro atoms. The number of benzene rings is 1. The Morgan fingerprint density at radius 2 is 2.06 bits per heavy atom. The Kier molecular flexibility index (Phi) is 7.21. The summed E-state index contributed by atoms with van der Waals surface area (Å²) in [6, 6.07) is 10.8. The lowest BCUT2D eigenvalue weighted by atomic mass is 9.99. The van der Waals surface area contributed by atoms with E-state index in [-0.39, 0.29) is 29.7 Å². The molecule has 1 aromatic carbocycles. The molecule has 3 amide bonds. The summed E-state index contributed by atoms with van der Waals surface area (Å²) in [5.74, 6) is -0.873. The van der Waals surface area contributed by atoms with Gasteiger partial charge in [0.2, 0.25) is 24.2 Å². The van der Waals surface area contributed by atoms with E-state index in [9.17, 15) is 19.6 Å². The van der Waals surface area contributed by atoms with Gasteiger partial charge in [-0.05, 0) is 37.2 Å². The van der Waals surface area contributed by atoms with Crippen molar-refractivity contribution in [2.24, 2.45) is 11.3 Å². The van der Waals surface area contributed by atoms with Crippen molar-refractivity contribution in [2.75, 3.05) is 18.4 Å². The van der Waals surface area contributed by atoms with Crippen LogP contribution in [0.2, 0.25) is 0 Å². The van der Waals surface area contributed by atoms with Gasteiger partial charge in [0.25, 0.3) is 0 Å². The summed E-state index contributed by atoms with van der Waals surface area (Å²) in [5, 5.41) is 13.0. The topological polar surface area (TPSA) is 116 Å². The van der Waals surface area contributed by atoms with Crippen LogP contribution in [-0.4, -0.2) is 62.5 Å². The minimum absolute atomic E-state index is 0.0106. The Morgan fingerprint density at radius 1 is 1.29 bits per heavy atom. The van der Waals surface area contributed by atoms with Gasteiger partial charge in [-0.1, -0.05) is 50.1 Å². The highest BCUT2D eigenvalue weighted by Gasteiger charge is 2.55. The van der Waals surface area contributed by atoms with Gasteiger partial charge in [-0.3, -0.25) is 24.9 Å². The summed E-state index contributed by atoms with van der Waals surface area (Å²) in [6.07, 6.45) is 6.70. The highest BCUT2D eigenvalue weighted by atomic mass is 16.5. The van der Waals surface area contributed by atoms with E-state index in [0.29, 0.717) is 36.6 Å². The summed E-state index contributed by atoms with van der Waals surface area (Å²) in [6.45, 7) is 2.46. The molecule has 2 aliphatic rings. The van der Waals surface area contributed by atoms with Gasteiger partial charge < -0.3 is 4.90 Å². The smallest absolute Gasteiger partial charge is 0.249 e. The summed E-state index contributed by atoms with van der Waals surface area (Å²) in [7, 11) is 0. The predicted octanol–water partition coefficient (Wildman–Crippen LogP) is 3.12. The summed E-state index contributed by atoms with van der Waals surface area (Å²) in [5.41, 5.74) is 1.60. The molecule has 1 saturated heterocycles. The number of amides is 3. The first-order valence-corrected chi connectivity index (χ1v) is 11.9. The third kappa shape index (κ3) is 5.41. The molecule has 2 aromatic rings. The highest BCUT2D eigenvalue weighted by molar-refractivity contribution is 5.97. The van der Waals surface area contributed by atoms with Gasteiger partial charge >= 0.3 is 0 Å². The Balaban J connectivity index is 1.51. The Labute approximate surface area is 199 Å². The van der Waals surface area contributed by atoms with Crippen LogP contribution in [0.3, 0.4) is 0 Å². The number of likely N-dealkylation sites (tertiary alicyclic amines) is 1. The van der Waals surface area contributed by atoms with Crippen molar-refractivity contribution in [3.8, 4) is 11.3 Å². The Bertz CT molecular complexity index is 1030. The molecule has 1 aliphatic carbocycles. The number of aromatic nitrogens is 2. The van der Waals surface area contributed by atoms with Gasteiger partial charge in [0.1, 0.15) is 6.04 Å². The Hall–Kier alpha value is -3.33. The number of hydrogen-bond donors (Lipinski definition) is 2. The first-order chi connectivity index (χ1) is 16.4. The van der Waals surface area contributed by atoms with Gasteiger partial charge in [0, 0.05) is 18.3 Å². The van der Waals surface area contributed by atoms with E-state index in [4.69, 9.17) is 0 Å². The first-order valence-electron chi connectivity index (χ1n) is 11.9. The molecule has 2 fully saturated rings. The van der Waals surface area contributed by atoms with Crippen molar-refractivity contribution < 1.29 is 19.6 Å². The van der Waals surface area contributed by atoms with E-state index in [1.54, 1.807) is 17.2 Å². The van der Waals surface area contributed by atoms with Crippen LogP contribution in [0.15, 0.2) is 42.6 Å². The maximum Gasteiger partial charge on any atom is 0.249 e. The van der Waals surface area contributed by atoms with Gasteiger partial charge in [-0.15, -0.1) is 0 Å². The van der Waals surface area contributed by atoms with Crippen LogP contribution in [-0.2, 0) is 14.4 Å². The van der Waals surface area contributed by atoms with Crippen molar-refractivity contribution in [3.63, 3.8) is 0 Å². The Morgan fingerprint density at radius 3 is 2.74 bits per heavy atom. The van der Waals surface area contributed by atoms with E-state index in [2.05, 4.69) is 15.3 Å². The number of carbonyl (C=O) groups excluding carboxylic acids is 3. The standard InChI is InChI=1S/C25H31N5O4/c1-2-3-7-19(15-29(34)17-31)23(33)30-16-25(11-12-25)14-21(30)22(32)28-24-26-13-10-20(27-24)18-8-5-4-6-9-18/h4-6,8-10,13,17,19,21,34H,2-3,7,11-12,14-16H2,1H3,(H,26,27,28,32)/t19-,21+/m1/s1. The third-order valence-corrected chi connectivity index (χ3v) is 6.80. The molecule has 0 radical (unpaired) electrons. The molecule has 2 heterocycles. The average Bonchev–Trinajstić information content (AvgIpc) is 3.51. The van der Waals surface area contributed by atoms with E-state index in [0.717, 1.165) is 31.2 Å². The molecule has 0 unspecified atom stereocenters. The lowest BCUT2D eigenvalue weighted by molar-refractivity contribution is -0.157. The molecule has 1 aliphatic heterocycles. The van der Waals surface area contributed by atoms with Crippen molar-refractivity contribution in [1.29, 1.82) is 0 Å². The minimum Gasteiger partial charge on any atom is -0.330 e. The van der Waals surface area contributed by atoms with Crippen LogP contribution < -0.4 is 5.32 Å². The fourth-order valence-corrected chi connectivity index (χ4v) is 4.69. The second-order valence-electron chi connectivity index (χ2n) is 9.37. The van der Waals surface area contributed by atoms with Gasteiger partial charge in [0.15, 0.2) is 0 Å². The number of anilines is 1. The monoisotopic (exact) mass is 465 g/mol. The van der Waals surface area contributed by atoms with Crippen LogP contribution >= 0.6 is 0 Å². The molecular weight excluding hydrogens is 434 g/mol. The average molecular weight is 466 g/mol. The molecular formula is C25H31N5O4. The SMILES string of the molecule is CCCC[C@H](CN(O)C=O)C(=O)N1CC2(CC2)C[C@H]1C(=O)Nc1nccc(-c2ccccc2)n1. The van der Waals surface area contributed by atoms with Crippen LogP contribution in [0.4, 0.5) is 5.95 Å². The fraction of sp³-hybridized carbons (Fsp3) is 0.480. The second kappa shape index (κ2) is 10.3. The van der Waals surface area contributed by atoms with Crippen LogP contribution in [0.5, 0.6) is 0 Å². The van der Waals surface area contributed by atoms with Crippen molar-refractivity contribution in [3.05, 3.63) is 42.6 Å². The van der Waals surface area contributed by atoms with Crippen LogP contribution in [0, 0.1) is 11.3 Å². The molecule has 180 valence electrons.